The number of carbonyl (C=O) groups is 1. The lowest BCUT2D eigenvalue weighted by Gasteiger charge is -2.37. The van der Waals surface area contributed by atoms with Crippen LogP contribution in [0.25, 0.3) is 0 Å². The van der Waals surface area contributed by atoms with E-state index in [0.717, 1.165) is 23.1 Å². The van der Waals surface area contributed by atoms with E-state index in [1.54, 1.807) is 23.5 Å². The number of nitrogens with zero attached hydrogens (tertiary/aromatic N) is 1. The van der Waals surface area contributed by atoms with Crippen molar-refractivity contribution in [2.45, 2.75) is 24.9 Å². The molecule has 2 atom stereocenters. The highest BCUT2D eigenvalue weighted by Gasteiger charge is 2.33. The van der Waals surface area contributed by atoms with Gasteiger partial charge in [-0.15, -0.1) is 11.3 Å². The molecule has 0 radical (unpaired) electrons. The number of halogens is 1. The lowest BCUT2D eigenvalue weighted by atomic mass is 9.92. The summed E-state index contributed by atoms with van der Waals surface area (Å²) in [6.45, 7) is 0.680. The molecule has 0 bridgehead atoms. The van der Waals surface area contributed by atoms with Gasteiger partial charge in [0, 0.05) is 23.9 Å². The van der Waals surface area contributed by atoms with Gasteiger partial charge < -0.3 is 10.2 Å². The molecule has 4 rings (SSSR count). The highest BCUT2D eigenvalue weighted by molar-refractivity contribution is 7.10. The minimum absolute atomic E-state index is 0.0357. The molecular formula is C23H23FN2OS. The second-order valence-corrected chi connectivity index (χ2v) is 8.05. The lowest BCUT2D eigenvalue weighted by molar-refractivity contribution is -0.133. The number of amides is 1. The van der Waals surface area contributed by atoms with Crippen molar-refractivity contribution in [3.63, 3.8) is 0 Å². The number of hydrogen-bond acceptors (Lipinski definition) is 3. The van der Waals surface area contributed by atoms with Crippen LogP contribution in [0.2, 0.25) is 0 Å². The molecule has 144 valence electrons. The average molecular weight is 395 g/mol. The summed E-state index contributed by atoms with van der Waals surface area (Å²) < 4.78 is 13.5. The topological polar surface area (TPSA) is 32.3 Å². The quantitative estimate of drug-likeness (QED) is 0.680. The van der Waals surface area contributed by atoms with Crippen LogP contribution >= 0.6 is 11.3 Å². The summed E-state index contributed by atoms with van der Waals surface area (Å²) in [5.74, 6) is -0.156. The number of nitrogens with one attached hydrogen (secondary N) is 1. The van der Waals surface area contributed by atoms with Gasteiger partial charge in [0.15, 0.2) is 0 Å². The van der Waals surface area contributed by atoms with Gasteiger partial charge in [0.25, 0.3) is 0 Å². The molecule has 3 aromatic rings. The third kappa shape index (κ3) is 3.73. The van der Waals surface area contributed by atoms with Gasteiger partial charge >= 0.3 is 0 Å². The molecule has 2 heterocycles. The van der Waals surface area contributed by atoms with Gasteiger partial charge in [0.2, 0.25) is 5.91 Å². The maximum Gasteiger partial charge on any atom is 0.225 e. The van der Waals surface area contributed by atoms with Crippen molar-refractivity contribution in [1.82, 2.24) is 10.2 Å². The summed E-state index contributed by atoms with van der Waals surface area (Å²) in [5.41, 5.74) is 3.22. The molecule has 1 amide bonds. The minimum atomic E-state index is -0.262. The average Bonchev–Trinajstić information content (AvgIpc) is 3.21. The van der Waals surface area contributed by atoms with Gasteiger partial charge in [0.1, 0.15) is 5.82 Å². The van der Waals surface area contributed by atoms with Crippen molar-refractivity contribution in [1.29, 1.82) is 0 Å². The Labute approximate surface area is 168 Å². The van der Waals surface area contributed by atoms with Crippen molar-refractivity contribution < 1.29 is 9.18 Å². The Morgan fingerprint density at radius 1 is 1.18 bits per heavy atom. The molecule has 5 heteroatoms. The second-order valence-electron chi connectivity index (χ2n) is 7.05. The third-order valence-electron chi connectivity index (χ3n) is 5.40. The number of fused-ring (bicyclic) bond motifs is 1. The van der Waals surface area contributed by atoms with E-state index in [1.807, 2.05) is 42.3 Å². The van der Waals surface area contributed by atoms with E-state index >= 15 is 0 Å². The van der Waals surface area contributed by atoms with E-state index in [1.165, 1.54) is 17.0 Å². The maximum atomic E-state index is 13.5. The van der Waals surface area contributed by atoms with E-state index in [4.69, 9.17) is 0 Å². The van der Waals surface area contributed by atoms with Crippen LogP contribution in [0.15, 0.2) is 66.0 Å². The summed E-state index contributed by atoms with van der Waals surface area (Å²) in [5, 5.41) is 5.35. The molecule has 0 aliphatic carbocycles. The largest absolute Gasteiger partial charge is 0.331 e. The van der Waals surface area contributed by atoms with Crippen LogP contribution < -0.4 is 5.32 Å². The molecule has 1 N–H and O–H groups in total. The Morgan fingerprint density at radius 3 is 2.64 bits per heavy atom. The van der Waals surface area contributed by atoms with E-state index in [0.29, 0.717) is 13.0 Å². The third-order valence-corrected chi connectivity index (χ3v) is 6.40. The Kier molecular flexibility index (Phi) is 5.55. The van der Waals surface area contributed by atoms with Crippen molar-refractivity contribution in [2.24, 2.45) is 0 Å². The zero-order chi connectivity index (χ0) is 19.5. The van der Waals surface area contributed by atoms with Crippen molar-refractivity contribution >= 4 is 17.2 Å². The molecule has 3 nitrogen and oxygen atoms in total. The Morgan fingerprint density at radius 2 is 1.93 bits per heavy atom. The first-order valence-corrected chi connectivity index (χ1v) is 10.4. The number of thiophene rings is 1. The number of benzene rings is 2. The van der Waals surface area contributed by atoms with Crippen LogP contribution in [0.1, 0.15) is 40.1 Å². The van der Waals surface area contributed by atoms with Crippen LogP contribution in [-0.4, -0.2) is 24.4 Å². The fourth-order valence-corrected chi connectivity index (χ4v) is 4.86. The Balaban J connectivity index is 1.63. The van der Waals surface area contributed by atoms with E-state index in [9.17, 15) is 9.18 Å². The summed E-state index contributed by atoms with van der Waals surface area (Å²) >= 11 is 1.73. The predicted molar refractivity (Wildman–Crippen MR) is 111 cm³/mol. The smallest absolute Gasteiger partial charge is 0.225 e. The van der Waals surface area contributed by atoms with Gasteiger partial charge in [-0.1, -0.05) is 42.5 Å². The van der Waals surface area contributed by atoms with E-state index in [-0.39, 0.29) is 23.8 Å². The van der Waals surface area contributed by atoms with Gasteiger partial charge in [-0.2, -0.15) is 0 Å². The highest BCUT2D eigenvalue weighted by Crippen LogP contribution is 2.38. The highest BCUT2D eigenvalue weighted by atomic mass is 32.1. The molecule has 0 saturated heterocycles. The molecule has 1 aromatic heterocycles. The van der Waals surface area contributed by atoms with Gasteiger partial charge in [0.05, 0.1) is 6.04 Å². The van der Waals surface area contributed by atoms with E-state index in [2.05, 4.69) is 16.8 Å². The van der Waals surface area contributed by atoms with Crippen LogP contribution in [0.4, 0.5) is 4.39 Å². The molecule has 1 aliphatic heterocycles. The molecule has 0 fully saturated rings. The Hall–Kier alpha value is -2.50. The second kappa shape index (κ2) is 8.25. The monoisotopic (exact) mass is 394 g/mol. The number of hydrogen-bond donors (Lipinski definition) is 1. The first-order valence-electron chi connectivity index (χ1n) is 9.51. The molecule has 2 unspecified atom stereocenters. The maximum absolute atomic E-state index is 13.5. The lowest BCUT2D eigenvalue weighted by Crippen LogP contribution is -2.41. The van der Waals surface area contributed by atoms with Crippen molar-refractivity contribution in [3.05, 3.63) is 93.4 Å². The molecule has 2 aromatic carbocycles. The molecule has 28 heavy (non-hydrogen) atoms. The van der Waals surface area contributed by atoms with Crippen molar-refractivity contribution in [2.75, 3.05) is 13.6 Å². The normalized spacial score (nSPS) is 17.2. The number of rotatable bonds is 5. The Bertz CT molecular complexity index is 939. The summed E-state index contributed by atoms with van der Waals surface area (Å²) in [4.78, 5) is 16.6. The fraction of sp³-hybridized carbons (Fsp3) is 0.261. The van der Waals surface area contributed by atoms with Crippen LogP contribution in [0, 0.1) is 5.82 Å². The molecule has 0 spiro atoms. The van der Waals surface area contributed by atoms with Gasteiger partial charge in [-0.25, -0.2) is 4.39 Å². The molecule has 0 saturated carbocycles. The summed E-state index contributed by atoms with van der Waals surface area (Å²) in [6.07, 6.45) is 1.25. The minimum Gasteiger partial charge on any atom is -0.331 e. The van der Waals surface area contributed by atoms with Crippen LogP contribution in [-0.2, 0) is 11.2 Å². The summed E-state index contributed by atoms with van der Waals surface area (Å²) in [6, 6.07) is 18.5. The molecular weight excluding hydrogens is 371 g/mol. The number of carbonyl (C=O) groups excluding carboxylic acids is 1. The zero-order valence-corrected chi connectivity index (χ0v) is 16.6. The standard InChI is InChI=1S/C23H23FN2OS/c1-25-20(16-5-3-2-4-6-16)15-22(27)26-13-11-21-19(12-14-28-21)23(26)17-7-9-18(24)10-8-17/h2-10,12,14,20,23,25H,11,13,15H2,1H3. The SMILES string of the molecule is CNC(CC(=O)N1CCc2sccc2C1c1ccc(F)cc1)c1ccccc1. The fourth-order valence-electron chi connectivity index (χ4n) is 3.95. The van der Waals surface area contributed by atoms with Crippen molar-refractivity contribution in [3.8, 4) is 0 Å². The van der Waals surface area contributed by atoms with E-state index < -0.39 is 0 Å². The van der Waals surface area contributed by atoms with Gasteiger partial charge in [-0.3, -0.25) is 4.79 Å². The predicted octanol–water partition coefficient (Wildman–Crippen LogP) is 4.71. The zero-order valence-electron chi connectivity index (χ0n) is 15.8. The van der Waals surface area contributed by atoms with Crippen LogP contribution in [0.5, 0.6) is 0 Å². The summed E-state index contributed by atoms with van der Waals surface area (Å²) in [7, 11) is 1.88. The van der Waals surface area contributed by atoms with Gasteiger partial charge in [-0.05, 0) is 53.7 Å². The molecule has 1 aliphatic rings. The first kappa shape index (κ1) is 18.8. The first-order chi connectivity index (χ1) is 13.7. The van der Waals surface area contributed by atoms with Crippen LogP contribution in [0.3, 0.4) is 0 Å².